The Bertz CT molecular complexity index is 489. The van der Waals surface area contributed by atoms with Gasteiger partial charge in [-0.25, -0.2) is 0 Å². The van der Waals surface area contributed by atoms with Gasteiger partial charge in [0.2, 0.25) is 0 Å². The molecule has 1 aliphatic rings. The third-order valence-electron chi connectivity index (χ3n) is 3.61. The molecule has 1 saturated heterocycles. The van der Waals surface area contributed by atoms with Gasteiger partial charge in [-0.3, -0.25) is 0 Å². The first-order valence-corrected chi connectivity index (χ1v) is 6.93. The molecule has 1 fully saturated rings. The third kappa shape index (κ3) is 3.08. The standard InChI is InChI=1S/C17H19NO/c1-3-7-15(8-4-1)18-13-11-17(12-14-18)19-16-9-5-2-6-10-16/h1-10,17H,11-14H2. The van der Waals surface area contributed by atoms with Crippen molar-refractivity contribution in [2.45, 2.75) is 18.9 Å². The molecular weight excluding hydrogens is 234 g/mol. The van der Waals surface area contributed by atoms with Crippen molar-refractivity contribution >= 4 is 5.69 Å². The quantitative estimate of drug-likeness (QED) is 0.826. The average molecular weight is 253 g/mol. The molecule has 0 unspecified atom stereocenters. The van der Waals surface area contributed by atoms with E-state index in [2.05, 4.69) is 35.2 Å². The first kappa shape index (κ1) is 12.1. The number of rotatable bonds is 3. The topological polar surface area (TPSA) is 12.5 Å². The van der Waals surface area contributed by atoms with Crippen LogP contribution >= 0.6 is 0 Å². The van der Waals surface area contributed by atoms with Gasteiger partial charge in [0.25, 0.3) is 0 Å². The Morgan fingerprint density at radius 3 is 2.00 bits per heavy atom. The van der Waals surface area contributed by atoms with Crippen LogP contribution < -0.4 is 9.64 Å². The molecule has 1 heterocycles. The maximum atomic E-state index is 6.01. The van der Waals surface area contributed by atoms with E-state index in [1.54, 1.807) is 0 Å². The van der Waals surface area contributed by atoms with Gasteiger partial charge in [-0.15, -0.1) is 0 Å². The van der Waals surface area contributed by atoms with Crippen molar-refractivity contribution < 1.29 is 4.74 Å². The van der Waals surface area contributed by atoms with Crippen molar-refractivity contribution in [1.29, 1.82) is 0 Å². The number of benzene rings is 2. The van der Waals surface area contributed by atoms with Crippen molar-refractivity contribution in [3.05, 3.63) is 60.7 Å². The molecule has 2 heteroatoms. The largest absolute Gasteiger partial charge is 0.490 e. The lowest BCUT2D eigenvalue weighted by atomic mass is 10.1. The van der Waals surface area contributed by atoms with Crippen molar-refractivity contribution in [1.82, 2.24) is 0 Å². The van der Waals surface area contributed by atoms with Gasteiger partial charge in [-0.1, -0.05) is 36.4 Å². The van der Waals surface area contributed by atoms with Crippen LogP contribution in [-0.4, -0.2) is 19.2 Å². The van der Waals surface area contributed by atoms with Gasteiger partial charge in [0.15, 0.2) is 0 Å². The highest BCUT2D eigenvalue weighted by Crippen LogP contribution is 2.22. The van der Waals surface area contributed by atoms with Crippen LogP contribution in [0.2, 0.25) is 0 Å². The van der Waals surface area contributed by atoms with Crippen molar-refractivity contribution in [3.8, 4) is 5.75 Å². The summed E-state index contributed by atoms with van der Waals surface area (Å²) in [6, 6.07) is 20.7. The molecule has 0 N–H and O–H groups in total. The Labute approximate surface area is 114 Å². The Morgan fingerprint density at radius 2 is 1.37 bits per heavy atom. The average Bonchev–Trinajstić information content (AvgIpc) is 2.50. The Kier molecular flexibility index (Phi) is 3.68. The molecule has 0 aliphatic carbocycles. The predicted octanol–water partition coefficient (Wildman–Crippen LogP) is 3.73. The first-order valence-electron chi connectivity index (χ1n) is 6.93. The molecule has 3 rings (SSSR count). The van der Waals surface area contributed by atoms with E-state index in [0.29, 0.717) is 6.10 Å². The summed E-state index contributed by atoms with van der Waals surface area (Å²) in [6.45, 7) is 2.14. The molecule has 0 radical (unpaired) electrons. The van der Waals surface area contributed by atoms with Crippen LogP contribution in [0.1, 0.15) is 12.8 Å². The number of ether oxygens (including phenoxy) is 1. The number of piperidine rings is 1. The first-order chi connectivity index (χ1) is 9.42. The van der Waals surface area contributed by atoms with Crippen molar-refractivity contribution in [2.24, 2.45) is 0 Å². The number of hydrogen-bond donors (Lipinski definition) is 0. The molecular formula is C17H19NO. The summed E-state index contributed by atoms with van der Waals surface area (Å²) in [6.07, 6.45) is 2.52. The Hall–Kier alpha value is -1.96. The fraction of sp³-hybridized carbons (Fsp3) is 0.294. The highest BCUT2D eigenvalue weighted by atomic mass is 16.5. The van der Waals surface area contributed by atoms with Gasteiger partial charge in [-0.2, -0.15) is 0 Å². The van der Waals surface area contributed by atoms with Crippen LogP contribution in [0, 0.1) is 0 Å². The molecule has 19 heavy (non-hydrogen) atoms. The maximum absolute atomic E-state index is 6.01. The Balaban J connectivity index is 1.55. The lowest BCUT2D eigenvalue weighted by molar-refractivity contribution is 0.171. The van der Waals surface area contributed by atoms with E-state index in [9.17, 15) is 0 Å². The molecule has 2 aromatic rings. The minimum Gasteiger partial charge on any atom is -0.490 e. The summed E-state index contributed by atoms with van der Waals surface area (Å²) in [7, 11) is 0. The fourth-order valence-electron chi connectivity index (χ4n) is 2.56. The molecule has 2 nitrogen and oxygen atoms in total. The van der Waals surface area contributed by atoms with Crippen LogP contribution in [0.5, 0.6) is 5.75 Å². The summed E-state index contributed by atoms with van der Waals surface area (Å²) >= 11 is 0. The third-order valence-corrected chi connectivity index (χ3v) is 3.61. The normalized spacial score (nSPS) is 16.3. The molecule has 2 aromatic carbocycles. The lowest BCUT2D eigenvalue weighted by Gasteiger charge is -2.33. The number of nitrogens with zero attached hydrogens (tertiary/aromatic N) is 1. The van der Waals surface area contributed by atoms with E-state index in [1.807, 2.05) is 30.3 Å². The minimum atomic E-state index is 0.349. The van der Waals surface area contributed by atoms with Gasteiger partial charge < -0.3 is 9.64 Å². The van der Waals surface area contributed by atoms with Crippen LogP contribution in [0.25, 0.3) is 0 Å². The second-order valence-corrected chi connectivity index (χ2v) is 4.95. The molecule has 0 spiro atoms. The van der Waals surface area contributed by atoms with Gasteiger partial charge in [0.05, 0.1) is 0 Å². The molecule has 0 amide bonds. The van der Waals surface area contributed by atoms with Gasteiger partial charge in [0.1, 0.15) is 11.9 Å². The summed E-state index contributed by atoms with van der Waals surface area (Å²) in [5.41, 5.74) is 1.32. The van der Waals surface area contributed by atoms with Crippen molar-refractivity contribution in [3.63, 3.8) is 0 Å². The zero-order valence-corrected chi connectivity index (χ0v) is 11.0. The van der Waals surface area contributed by atoms with Gasteiger partial charge in [0, 0.05) is 31.6 Å². The summed E-state index contributed by atoms with van der Waals surface area (Å²) < 4.78 is 6.01. The van der Waals surface area contributed by atoms with Crippen molar-refractivity contribution in [2.75, 3.05) is 18.0 Å². The monoisotopic (exact) mass is 253 g/mol. The second kappa shape index (κ2) is 5.79. The van der Waals surface area contributed by atoms with E-state index in [1.165, 1.54) is 5.69 Å². The van der Waals surface area contributed by atoms with E-state index >= 15 is 0 Å². The number of hydrogen-bond acceptors (Lipinski definition) is 2. The van der Waals surface area contributed by atoms with Crippen LogP contribution in [-0.2, 0) is 0 Å². The zero-order valence-electron chi connectivity index (χ0n) is 11.0. The molecule has 98 valence electrons. The van der Waals surface area contributed by atoms with Crippen LogP contribution in [0.3, 0.4) is 0 Å². The smallest absolute Gasteiger partial charge is 0.119 e. The zero-order chi connectivity index (χ0) is 12.9. The molecule has 0 bridgehead atoms. The van der Waals surface area contributed by atoms with Gasteiger partial charge >= 0.3 is 0 Å². The van der Waals surface area contributed by atoms with Crippen LogP contribution in [0.15, 0.2) is 60.7 Å². The molecule has 1 aliphatic heterocycles. The molecule has 0 aromatic heterocycles. The summed E-state index contributed by atoms with van der Waals surface area (Å²) in [5, 5.41) is 0. The van der Waals surface area contributed by atoms with E-state index in [0.717, 1.165) is 31.7 Å². The minimum absolute atomic E-state index is 0.349. The molecule has 0 saturated carbocycles. The SMILES string of the molecule is c1ccc(OC2CCN(c3ccccc3)CC2)cc1. The van der Waals surface area contributed by atoms with E-state index < -0.39 is 0 Å². The van der Waals surface area contributed by atoms with Crippen LogP contribution in [0.4, 0.5) is 5.69 Å². The van der Waals surface area contributed by atoms with E-state index in [-0.39, 0.29) is 0 Å². The Morgan fingerprint density at radius 1 is 0.789 bits per heavy atom. The summed E-state index contributed by atoms with van der Waals surface area (Å²) in [4.78, 5) is 2.44. The summed E-state index contributed by atoms with van der Waals surface area (Å²) in [5.74, 6) is 0.987. The fourth-order valence-corrected chi connectivity index (χ4v) is 2.56. The maximum Gasteiger partial charge on any atom is 0.119 e. The van der Waals surface area contributed by atoms with E-state index in [4.69, 9.17) is 4.74 Å². The highest BCUT2D eigenvalue weighted by Gasteiger charge is 2.20. The number of anilines is 1. The number of para-hydroxylation sites is 2. The predicted molar refractivity (Wildman–Crippen MR) is 78.7 cm³/mol. The highest BCUT2D eigenvalue weighted by molar-refractivity contribution is 5.46. The lowest BCUT2D eigenvalue weighted by Crippen LogP contribution is -2.38. The van der Waals surface area contributed by atoms with Gasteiger partial charge in [-0.05, 0) is 24.3 Å². The second-order valence-electron chi connectivity index (χ2n) is 4.95. The molecule has 0 atom stereocenters.